The summed E-state index contributed by atoms with van der Waals surface area (Å²) in [6.45, 7) is 6.74. The van der Waals surface area contributed by atoms with Crippen molar-refractivity contribution in [3.8, 4) is 0 Å². The van der Waals surface area contributed by atoms with E-state index in [9.17, 15) is 0 Å². The topological polar surface area (TPSA) is 24.1 Å². The molecular formula is C33H58N2. The minimum Gasteiger partial charge on any atom is -0.309 e. The third-order valence-corrected chi connectivity index (χ3v) is 7.80. The zero-order valence-electron chi connectivity index (χ0n) is 23.5. The summed E-state index contributed by atoms with van der Waals surface area (Å²) in [7, 11) is 0. The highest BCUT2D eigenvalue weighted by atomic mass is 15.0. The Bertz CT molecular complexity index is 623. The Labute approximate surface area is 219 Å². The van der Waals surface area contributed by atoms with E-state index in [2.05, 4.69) is 60.9 Å². The summed E-state index contributed by atoms with van der Waals surface area (Å²) in [5, 5.41) is 7.89. The molecule has 0 aromatic heterocycles. The number of hydrogen-bond acceptors (Lipinski definition) is 2. The van der Waals surface area contributed by atoms with Gasteiger partial charge in [0.2, 0.25) is 0 Å². The molecule has 2 atom stereocenters. The van der Waals surface area contributed by atoms with Gasteiger partial charge in [-0.05, 0) is 50.6 Å². The van der Waals surface area contributed by atoms with E-state index in [1.165, 1.54) is 128 Å². The van der Waals surface area contributed by atoms with Crippen molar-refractivity contribution in [1.82, 2.24) is 10.6 Å². The Morgan fingerprint density at radius 3 is 1.97 bits per heavy atom. The smallest absolute Gasteiger partial charge is 0.0435 e. The van der Waals surface area contributed by atoms with Gasteiger partial charge in [0.1, 0.15) is 0 Å². The molecule has 1 aliphatic carbocycles. The molecule has 0 bridgehead atoms. The lowest BCUT2D eigenvalue weighted by Gasteiger charge is -2.36. The van der Waals surface area contributed by atoms with Gasteiger partial charge in [-0.25, -0.2) is 0 Å². The second kappa shape index (κ2) is 21.0. The molecule has 35 heavy (non-hydrogen) atoms. The molecule has 2 N–H and O–H groups in total. The van der Waals surface area contributed by atoms with Gasteiger partial charge in [-0.3, -0.25) is 0 Å². The van der Waals surface area contributed by atoms with Crippen LogP contribution in [0.15, 0.2) is 42.0 Å². The summed E-state index contributed by atoms with van der Waals surface area (Å²) in [6, 6.07) is 12.0. The van der Waals surface area contributed by atoms with Crippen molar-refractivity contribution in [3.63, 3.8) is 0 Å². The summed E-state index contributed by atoms with van der Waals surface area (Å²) < 4.78 is 0. The molecule has 0 saturated heterocycles. The second-order valence-corrected chi connectivity index (χ2v) is 11.0. The van der Waals surface area contributed by atoms with Crippen LogP contribution in [0.1, 0.15) is 141 Å². The van der Waals surface area contributed by atoms with Crippen LogP contribution in [0.3, 0.4) is 0 Å². The summed E-state index contributed by atoms with van der Waals surface area (Å²) in [4.78, 5) is 0. The van der Waals surface area contributed by atoms with Gasteiger partial charge >= 0.3 is 0 Å². The largest absolute Gasteiger partial charge is 0.309 e. The van der Waals surface area contributed by atoms with Crippen LogP contribution in [0.25, 0.3) is 0 Å². The number of hydrogen-bond donors (Lipinski definition) is 2. The molecule has 2 rings (SSSR count). The van der Waals surface area contributed by atoms with E-state index in [0.717, 1.165) is 13.1 Å². The third-order valence-electron chi connectivity index (χ3n) is 7.80. The van der Waals surface area contributed by atoms with Crippen LogP contribution in [-0.2, 0) is 6.54 Å². The average molecular weight is 483 g/mol. The molecular weight excluding hydrogens is 424 g/mol. The van der Waals surface area contributed by atoms with Crippen LogP contribution < -0.4 is 10.6 Å². The molecule has 2 nitrogen and oxygen atoms in total. The molecule has 0 amide bonds. The van der Waals surface area contributed by atoms with Crippen molar-refractivity contribution in [1.29, 1.82) is 0 Å². The van der Waals surface area contributed by atoms with Crippen LogP contribution in [0.5, 0.6) is 0 Å². The molecule has 1 aromatic carbocycles. The Balaban J connectivity index is 1.71. The van der Waals surface area contributed by atoms with E-state index in [0.29, 0.717) is 12.1 Å². The fourth-order valence-electron chi connectivity index (χ4n) is 5.58. The van der Waals surface area contributed by atoms with Crippen molar-refractivity contribution in [2.45, 2.75) is 154 Å². The van der Waals surface area contributed by atoms with Gasteiger partial charge in [0, 0.05) is 18.6 Å². The lowest BCUT2D eigenvalue weighted by molar-refractivity contribution is 0.335. The number of allylic oxidation sites excluding steroid dienone is 1. The maximum atomic E-state index is 3.98. The van der Waals surface area contributed by atoms with Gasteiger partial charge in [-0.1, -0.05) is 139 Å². The van der Waals surface area contributed by atoms with E-state index in [1.54, 1.807) is 5.57 Å². The zero-order chi connectivity index (χ0) is 24.8. The lowest BCUT2D eigenvalue weighted by Crippen LogP contribution is -2.51. The molecule has 2 heteroatoms. The van der Waals surface area contributed by atoms with E-state index in [4.69, 9.17) is 0 Å². The lowest BCUT2D eigenvalue weighted by atomic mass is 9.84. The first-order valence-electron chi connectivity index (χ1n) is 15.5. The third kappa shape index (κ3) is 14.3. The first kappa shape index (κ1) is 30.1. The molecule has 1 fully saturated rings. The standard InChI is InChI=1S/C33H58N2/c1-3-5-7-9-10-11-12-13-14-15-16-20-25-31-26-22-27-32(33(31)34-28-21-8-6-4-2)35-29-30-23-18-17-19-24-30/h17-19,23-25,32-35H,3-16,20-22,26-29H2,1-2H3/b31-25-/t32-,33-/m1/s1. The monoisotopic (exact) mass is 482 g/mol. The highest BCUT2D eigenvalue weighted by Crippen LogP contribution is 2.26. The van der Waals surface area contributed by atoms with Crippen molar-refractivity contribution in [3.05, 3.63) is 47.5 Å². The fraction of sp³-hybridized carbons (Fsp3) is 0.758. The van der Waals surface area contributed by atoms with Crippen molar-refractivity contribution < 1.29 is 0 Å². The maximum absolute atomic E-state index is 3.98. The Kier molecular flexibility index (Phi) is 18.1. The quantitative estimate of drug-likeness (QED) is 0.135. The molecule has 1 aliphatic rings. The Morgan fingerprint density at radius 2 is 1.31 bits per heavy atom. The van der Waals surface area contributed by atoms with Gasteiger partial charge in [0.15, 0.2) is 0 Å². The number of rotatable bonds is 21. The van der Waals surface area contributed by atoms with E-state index in [-0.39, 0.29) is 0 Å². The van der Waals surface area contributed by atoms with E-state index in [1.807, 2.05) is 0 Å². The second-order valence-electron chi connectivity index (χ2n) is 11.0. The molecule has 200 valence electrons. The SMILES string of the molecule is CCCCCCCCCCCCC/C=C1/CCC[C@@H](NCc2ccccc2)[C@@H]1NCCCCCC. The predicted octanol–water partition coefficient (Wildman–Crippen LogP) is 9.49. The van der Waals surface area contributed by atoms with E-state index >= 15 is 0 Å². The fourth-order valence-corrected chi connectivity index (χ4v) is 5.58. The van der Waals surface area contributed by atoms with Crippen LogP contribution in [0.2, 0.25) is 0 Å². The first-order chi connectivity index (χ1) is 17.3. The van der Waals surface area contributed by atoms with Gasteiger partial charge in [-0.2, -0.15) is 0 Å². The van der Waals surface area contributed by atoms with Gasteiger partial charge < -0.3 is 10.6 Å². The van der Waals surface area contributed by atoms with Crippen molar-refractivity contribution in [2.75, 3.05) is 6.54 Å². The first-order valence-corrected chi connectivity index (χ1v) is 15.5. The predicted molar refractivity (Wildman–Crippen MR) is 156 cm³/mol. The Hall–Kier alpha value is -1.12. The van der Waals surface area contributed by atoms with Crippen LogP contribution in [-0.4, -0.2) is 18.6 Å². The summed E-state index contributed by atoms with van der Waals surface area (Å²) in [5.41, 5.74) is 3.08. The van der Waals surface area contributed by atoms with Crippen LogP contribution in [0, 0.1) is 0 Å². The zero-order valence-corrected chi connectivity index (χ0v) is 23.5. The van der Waals surface area contributed by atoms with Crippen molar-refractivity contribution in [2.24, 2.45) is 0 Å². The molecule has 0 radical (unpaired) electrons. The van der Waals surface area contributed by atoms with E-state index < -0.39 is 0 Å². The summed E-state index contributed by atoms with van der Waals surface area (Å²) in [6.07, 6.45) is 28.8. The molecule has 1 saturated carbocycles. The molecule has 0 heterocycles. The molecule has 0 aliphatic heterocycles. The molecule has 0 spiro atoms. The normalized spacial score (nSPS) is 19.4. The average Bonchev–Trinajstić information content (AvgIpc) is 2.89. The summed E-state index contributed by atoms with van der Waals surface area (Å²) in [5.74, 6) is 0. The van der Waals surface area contributed by atoms with Crippen LogP contribution >= 0.6 is 0 Å². The highest BCUT2D eigenvalue weighted by Gasteiger charge is 2.27. The van der Waals surface area contributed by atoms with Gasteiger partial charge in [-0.15, -0.1) is 0 Å². The van der Waals surface area contributed by atoms with Gasteiger partial charge in [0.25, 0.3) is 0 Å². The Morgan fingerprint density at radius 1 is 0.714 bits per heavy atom. The van der Waals surface area contributed by atoms with Gasteiger partial charge in [0.05, 0.1) is 0 Å². The molecule has 1 aromatic rings. The number of benzene rings is 1. The number of unbranched alkanes of at least 4 members (excludes halogenated alkanes) is 14. The highest BCUT2D eigenvalue weighted by molar-refractivity contribution is 5.19. The molecule has 0 unspecified atom stereocenters. The minimum absolute atomic E-state index is 0.516. The van der Waals surface area contributed by atoms with Crippen LogP contribution in [0.4, 0.5) is 0 Å². The van der Waals surface area contributed by atoms with Crippen molar-refractivity contribution >= 4 is 0 Å². The maximum Gasteiger partial charge on any atom is 0.0435 e. The number of nitrogens with one attached hydrogen (secondary N) is 2. The minimum atomic E-state index is 0.516. The summed E-state index contributed by atoms with van der Waals surface area (Å²) >= 11 is 0.